The minimum atomic E-state index is -0.145. The summed E-state index contributed by atoms with van der Waals surface area (Å²) in [4.78, 5) is 27.2. The Kier molecular flexibility index (Phi) is 4.35. The van der Waals surface area contributed by atoms with Gasteiger partial charge >= 0.3 is 0 Å². The lowest BCUT2D eigenvalue weighted by atomic mass is 9.89. The molecule has 5 rings (SSSR count). The van der Waals surface area contributed by atoms with Gasteiger partial charge in [-0.25, -0.2) is 0 Å². The Labute approximate surface area is 170 Å². The van der Waals surface area contributed by atoms with Crippen LogP contribution in [0, 0.1) is 0 Å². The normalized spacial score (nSPS) is 16.0. The fourth-order valence-electron chi connectivity index (χ4n) is 4.67. The van der Waals surface area contributed by atoms with E-state index in [1.807, 2.05) is 43.3 Å². The van der Waals surface area contributed by atoms with Crippen LogP contribution >= 0.6 is 0 Å². The zero-order chi connectivity index (χ0) is 20.0. The highest BCUT2D eigenvalue weighted by molar-refractivity contribution is 6.26. The molecule has 1 aliphatic carbocycles. The Hall–Kier alpha value is -3.14. The third-order valence-electron chi connectivity index (χ3n) is 6.20. The summed E-state index contributed by atoms with van der Waals surface area (Å²) in [5.41, 5.74) is 5.46. The number of carbonyl (C=O) groups is 2. The summed E-state index contributed by atoms with van der Waals surface area (Å²) in [6.07, 6.45) is 4.77. The molecule has 1 heterocycles. The molecule has 146 valence electrons. The van der Waals surface area contributed by atoms with E-state index in [0.29, 0.717) is 5.56 Å². The lowest BCUT2D eigenvalue weighted by Crippen LogP contribution is -2.39. The van der Waals surface area contributed by atoms with Crippen molar-refractivity contribution in [2.45, 2.75) is 38.6 Å². The molecule has 1 atom stereocenters. The van der Waals surface area contributed by atoms with Crippen molar-refractivity contribution in [3.8, 4) is 0 Å². The van der Waals surface area contributed by atoms with E-state index in [0.717, 1.165) is 34.9 Å². The van der Waals surface area contributed by atoms with Gasteiger partial charge in [0.1, 0.15) is 6.54 Å². The van der Waals surface area contributed by atoms with Crippen molar-refractivity contribution < 1.29 is 9.59 Å². The van der Waals surface area contributed by atoms with Crippen LogP contribution in [0.15, 0.2) is 54.6 Å². The Bertz CT molecular complexity index is 1130. The average Bonchev–Trinajstić information content (AvgIpc) is 3.01. The molecule has 0 fully saturated rings. The molecular formula is C25H24N2O2. The van der Waals surface area contributed by atoms with Crippen LogP contribution in [0.1, 0.15) is 52.9 Å². The van der Waals surface area contributed by atoms with Crippen molar-refractivity contribution in [3.63, 3.8) is 0 Å². The summed E-state index contributed by atoms with van der Waals surface area (Å²) < 4.78 is 0. The zero-order valence-electron chi connectivity index (χ0n) is 16.6. The molecule has 2 amide bonds. The summed E-state index contributed by atoms with van der Waals surface area (Å²) in [7, 11) is 0. The van der Waals surface area contributed by atoms with E-state index in [4.69, 9.17) is 0 Å². The molecule has 0 saturated carbocycles. The van der Waals surface area contributed by atoms with E-state index >= 15 is 0 Å². The SMILES string of the molecule is CC(NC(=O)CN1C(=O)c2cccc3cccc1c23)c1ccc2c(c1)CCCC2. The molecule has 1 unspecified atom stereocenters. The zero-order valence-corrected chi connectivity index (χ0v) is 16.6. The minimum Gasteiger partial charge on any atom is -0.348 e. The predicted octanol–water partition coefficient (Wildman–Crippen LogP) is 4.56. The molecule has 3 aromatic carbocycles. The number of amides is 2. The van der Waals surface area contributed by atoms with E-state index in [9.17, 15) is 9.59 Å². The van der Waals surface area contributed by atoms with Gasteiger partial charge in [-0.15, -0.1) is 0 Å². The molecule has 0 saturated heterocycles. The summed E-state index contributed by atoms with van der Waals surface area (Å²) in [5, 5.41) is 5.04. The van der Waals surface area contributed by atoms with Crippen LogP contribution in [0.5, 0.6) is 0 Å². The van der Waals surface area contributed by atoms with Gasteiger partial charge < -0.3 is 5.32 Å². The lowest BCUT2D eigenvalue weighted by Gasteiger charge is -2.22. The fraction of sp³-hybridized carbons (Fsp3) is 0.280. The molecule has 3 aromatic rings. The molecule has 0 spiro atoms. The second-order valence-electron chi connectivity index (χ2n) is 8.10. The number of nitrogens with one attached hydrogen (secondary N) is 1. The third kappa shape index (κ3) is 3.09. The monoisotopic (exact) mass is 384 g/mol. The second kappa shape index (κ2) is 7.03. The number of benzene rings is 3. The minimum absolute atomic E-state index is 0.0297. The van der Waals surface area contributed by atoms with Gasteiger partial charge in [0.15, 0.2) is 0 Å². The molecule has 0 radical (unpaired) electrons. The van der Waals surface area contributed by atoms with Gasteiger partial charge in [-0.2, -0.15) is 0 Å². The predicted molar refractivity (Wildman–Crippen MR) is 115 cm³/mol. The van der Waals surface area contributed by atoms with Crippen molar-refractivity contribution >= 4 is 28.3 Å². The van der Waals surface area contributed by atoms with Gasteiger partial charge in [0.05, 0.1) is 11.7 Å². The van der Waals surface area contributed by atoms with Crippen molar-refractivity contribution in [3.05, 3.63) is 76.9 Å². The topological polar surface area (TPSA) is 49.4 Å². The van der Waals surface area contributed by atoms with Gasteiger partial charge in [-0.1, -0.05) is 42.5 Å². The Morgan fingerprint density at radius 1 is 1.03 bits per heavy atom. The molecule has 1 N–H and O–H groups in total. The van der Waals surface area contributed by atoms with Crippen molar-refractivity contribution in [2.24, 2.45) is 0 Å². The van der Waals surface area contributed by atoms with Crippen LogP contribution in [-0.2, 0) is 17.6 Å². The second-order valence-corrected chi connectivity index (χ2v) is 8.10. The summed E-state index contributed by atoms with van der Waals surface area (Å²) >= 11 is 0. The van der Waals surface area contributed by atoms with Crippen LogP contribution in [0.4, 0.5) is 5.69 Å². The van der Waals surface area contributed by atoms with Crippen LogP contribution in [0.2, 0.25) is 0 Å². The maximum absolute atomic E-state index is 12.9. The standard InChI is InChI=1S/C25H24N2O2/c1-16(19-13-12-17-6-2-3-7-20(17)14-19)26-23(28)15-27-22-11-5-9-18-8-4-10-21(24(18)22)25(27)29/h4-5,8-14,16H,2-3,6-7,15H2,1H3,(H,26,28). The largest absolute Gasteiger partial charge is 0.348 e. The van der Waals surface area contributed by atoms with Crippen molar-refractivity contribution in [1.29, 1.82) is 0 Å². The van der Waals surface area contributed by atoms with Crippen LogP contribution in [0.25, 0.3) is 10.8 Å². The smallest absolute Gasteiger partial charge is 0.259 e. The molecule has 2 aliphatic rings. The van der Waals surface area contributed by atoms with Crippen LogP contribution in [-0.4, -0.2) is 18.4 Å². The number of carbonyl (C=O) groups excluding carboxylic acids is 2. The van der Waals surface area contributed by atoms with Gasteiger partial charge in [-0.05, 0) is 66.8 Å². The molecule has 4 heteroatoms. The van der Waals surface area contributed by atoms with E-state index in [-0.39, 0.29) is 24.4 Å². The van der Waals surface area contributed by atoms with E-state index < -0.39 is 0 Å². The molecular weight excluding hydrogens is 360 g/mol. The third-order valence-corrected chi connectivity index (χ3v) is 6.20. The van der Waals surface area contributed by atoms with E-state index in [1.54, 1.807) is 4.90 Å². The maximum Gasteiger partial charge on any atom is 0.259 e. The number of rotatable bonds is 4. The molecule has 0 aromatic heterocycles. The fourth-order valence-corrected chi connectivity index (χ4v) is 4.67. The number of hydrogen-bond acceptors (Lipinski definition) is 2. The van der Waals surface area contributed by atoms with Gasteiger partial charge in [-0.3, -0.25) is 14.5 Å². The summed E-state index contributed by atoms with van der Waals surface area (Å²) in [6, 6.07) is 18.0. The number of anilines is 1. The van der Waals surface area contributed by atoms with Crippen molar-refractivity contribution in [1.82, 2.24) is 5.32 Å². The molecule has 4 nitrogen and oxygen atoms in total. The summed E-state index contributed by atoms with van der Waals surface area (Å²) in [6.45, 7) is 2.03. The highest BCUT2D eigenvalue weighted by atomic mass is 16.2. The number of fused-ring (bicyclic) bond motifs is 1. The number of nitrogens with zero attached hydrogens (tertiary/aromatic N) is 1. The highest BCUT2D eigenvalue weighted by Gasteiger charge is 2.31. The maximum atomic E-state index is 12.9. The highest BCUT2D eigenvalue weighted by Crippen LogP contribution is 2.37. The van der Waals surface area contributed by atoms with Crippen molar-refractivity contribution in [2.75, 3.05) is 11.4 Å². The Morgan fingerprint density at radius 3 is 2.62 bits per heavy atom. The Morgan fingerprint density at radius 2 is 1.79 bits per heavy atom. The first kappa shape index (κ1) is 17.9. The van der Waals surface area contributed by atoms with Crippen LogP contribution in [0.3, 0.4) is 0 Å². The van der Waals surface area contributed by atoms with E-state index in [1.165, 1.54) is 24.0 Å². The van der Waals surface area contributed by atoms with Gasteiger partial charge in [0.25, 0.3) is 5.91 Å². The first-order valence-corrected chi connectivity index (χ1v) is 10.4. The van der Waals surface area contributed by atoms with Gasteiger partial charge in [0.2, 0.25) is 5.91 Å². The quantitative estimate of drug-likeness (QED) is 0.717. The molecule has 1 aliphatic heterocycles. The average molecular weight is 384 g/mol. The first-order chi connectivity index (χ1) is 14.1. The Balaban J connectivity index is 1.33. The summed E-state index contributed by atoms with van der Waals surface area (Å²) in [5.74, 6) is -0.248. The lowest BCUT2D eigenvalue weighted by molar-refractivity contribution is -0.120. The first-order valence-electron chi connectivity index (χ1n) is 10.4. The number of aryl methyl sites for hydroxylation is 2. The van der Waals surface area contributed by atoms with E-state index in [2.05, 4.69) is 23.5 Å². The number of hydrogen-bond donors (Lipinski definition) is 1. The molecule has 29 heavy (non-hydrogen) atoms. The van der Waals surface area contributed by atoms with Crippen LogP contribution < -0.4 is 10.2 Å². The van der Waals surface area contributed by atoms with Gasteiger partial charge in [0, 0.05) is 10.9 Å². The molecule has 0 bridgehead atoms.